The Hall–Kier alpha value is -0.570. The van der Waals surface area contributed by atoms with Crippen LogP contribution in [0.3, 0.4) is 0 Å². The van der Waals surface area contributed by atoms with Crippen molar-refractivity contribution in [3.05, 3.63) is 0 Å². The first-order chi connectivity index (χ1) is 9.34. The second-order valence-electron chi connectivity index (χ2n) is 6.31. The van der Waals surface area contributed by atoms with Gasteiger partial charge in [0.1, 0.15) is 0 Å². The van der Waals surface area contributed by atoms with E-state index in [2.05, 4.69) is 10.2 Å². The van der Waals surface area contributed by atoms with Gasteiger partial charge in [-0.3, -0.25) is 4.79 Å². The molecular weight excluding hydrogens is 236 g/mol. The minimum absolute atomic E-state index is 0.283. The molecule has 1 saturated carbocycles. The first-order valence-corrected chi connectivity index (χ1v) is 8.33. The molecule has 1 amide bonds. The van der Waals surface area contributed by atoms with E-state index in [-0.39, 0.29) is 5.91 Å². The molecule has 110 valence electrons. The van der Waals surface area contributed by atoms with Crippen molar-refractivity contribution >= 4 is 5.91 Å². The van der Waals surface area contributed by atoms with Gasteiger partial charge in [0.15, 0.2) is 0 Å². The average molecular weight is 266 g/mol. The molecule has 1 saturated heterocycles. The van der Waals surface area contributed by atoms with Crippen molar-refractivity contribution in [1.82, 2.24) is 10.2 Å². The van der Waals surface area contributed by atoms with Crippen molar-refractivity contribution < 1.29 is 4.79 Å². The Kier molecular flexibility index (Phi) is 6.69. The molecule has 2 fully saturated rings. The molecule has 1 heterocycles. The predicted octanol–water partition coefficient (Wildman–Crippen LogP) is 2.95. The molecule has 0 aromatic heterocycles. The molecule has 3 nitrogen and oxygen atoms in total. The smallest absolute Gasteiger partial charge is 0.220 e. The zero-order valence-electron chi connectivity index (χ0n) is 12.3. The van der Waals surface area contributed by atoms with Gasteiger partial charge in [0.05, 0.1) is 0 Å². The number of amides is 1. The van der Waals surface area contributed by atoms with Crippen molar-refractivity contribution in [2.75, 3.05) is 26.2 Å². The number of likely N-dealkylation sites (tertiary alicyclic amines) is 1. The third-order valence-corrected chi connectivity index (χ3v) is 4.62. The van der Waals surface area contributed by atoms with E-state index < -0.39 is 0 Å². The first-order valence-electron chi connectivity index (χ1n) is 8.33. The summed E-state index contributed by atoms with van der Waals surface area (Å²) in [6, 6.07) is 0. The lowest BCUT2D eigenvalue weighted by molar-refractivity contribution is -0.122. The van der Waals surface area contributed by atoms with Crippen LogP contribution in [-0.4, -0.2) is 37.0 Å². The highest BCUT2D eigenvalue weighted by atomic mass is 16.1. The number of nitrogens with one attached hydrogen (secondary N) is 1. The van der Waals surface area contributed by atoms with Crippen molar-refractivity contribution in [3.63, 3.8) is 0 Å². The van der Waals surface area contributed by atoms with Gasteiger partial charge in [0, 0.05) is 13.0 Å². The van der Waals surface area contributed by atoms with Crippen LogP contribution < -0.4 is 5.32 Å². The molecule has 0 radical (unpaired) electrons. The van der Waals surface area contributed by atoms with E-state index in [9.17, 15) is 4.79 Å². The molecular formula is C16H30N2O. The molecule has 0 aromatic carbocycles. The fourth-order valence-corrected chi connectivity index (χ4v) is 3.44. The molecule has 0 unspecified atom stereocenters. The SMILES string of the molecule is O=C(CC1CCCCC1)NCCCN1CCCCC1. The third kappa shape index (κ3) is 5.94. The number of hydrogen-bond acceptors (Lipinski definition) is 2. The number of hydrogen-bond donors (Lipinski definition) is 1. The van der Waals surface area contributed by atoms with Crippen LogP contribution in [0.25, 0.3) is 0 Å². The largest absolute Gasteiger partial charge is 0.356 e. The molecule has 1 N–H and O–H groups in total. The van der Waals surface area contributed by atoms with Crippen LogP contribution in [0.1, 0.15) is 64.2 Å². The van der Waals surface area contributed by atoms with Gasteiger partial charge in [0.25, 0.3) is 0 Å². The average Bonchev–Trinajstić information content (AvgIpc) is 2.46. The van der Waals surface area contributed by atoms with Gasteiger partial charge in [-0.2, -0.15) is 0 Å². The minimum atomic E-state index is 0.283. The second kappa shape index (κ2) is 8.57. The number of carbonyl (C=O) groups is 1. The summed E-state index contributed by atoms with van der Waals surface area (Å²) >= 11 is 0. The van der Waals surface area contributed by atoms with Crippen molar-refractivity contribution in [3.8, 4) is 0 Å². The Bertz CT molecular complexity index is 255. The molecule has 0 bridgehead atoms. The quantitative estimate of drug-likeness (QED) is 0.750. The standard InChI is InChI=1S/C16H30N2O/c19-16(14-15-8-3-1-4-9-15)17-10-7-13-18-11-5-2-6-12-18/h15H,1-14H2,(H,17,19). The number of piperidine rings is 1. The van der Waals surface area contributed by atoms with Crippen molar-refractivity contribution in [2.45, 2.75) is 64.2 Å². The Balaban J connectivity index is 1.48. The van der Waals surface area contributed by atoms with Gasteiger partial charge in [-0.1, -0.05) is 25.7 Å². The van der Waals surface area contributed by atoms with Crippen LogP contribution in [0.15, 0.2) is 0 Å². The molecule has 3 heteroatoms. The zero-order chi connectivity index (χ0) is 13.3. The summed E-state index contributed by atoms with van der Waals surface area (Å²) in [5, 5.41) is 3.10. The summed E-state index contributed by atoms with van der Waals surface area (Å²) in [5.74, 6) is 0.946. The highest BCUT2D eigenvalue weighted by Gasteiger charge is 2.16. The maximum atomic E-state index is 11.8. The van der Waals surface area contributed by atoms with Crippen molar-refractivity contribution in [2.24, 2.45) is 5.92 Å². The molecule has 2 rings (SSSR count). The van der Waals surface area contributed by atoms with Crippen LogP contribution in [0, 0.1) is 5.92 Å². The number of rotatable bonds is 6. The summed E-state index contributed by atoms with van der Waals surface area (Å²) in [6.07, 6.45) is 12.5. The topological polar surface area (TPSA) is 32.3 Å². The molecule has 0 atom stereocenters. The second-order valence-corrected chi connectivity index (χ2v) is 6.31. The summed E-state index contributed by atoms with van der Waals surface area (Å²) < 4.78 is 0. The Morgan fingerprint density at radius 2 is 1.68 bits per heavy atom. The summed E-state index contributed by atoms with van der Waals surface area (Å²) in [6.45, 7) is 4.54. The summed E-state index contributed by atoms with van der Waals surface area (Å²) in [4.78, 5) is 14.4. The zero-order valence-corrected chi connectivity index (χ0v) is 12.3. The van der Waals surface area contributed by atoms with Crippen LogP contribution in [0.4, 0.5) is 0 Å². The summed E-state index contributed by atoms with van der Waals surface area (Å²) in [7, 11) is 0. The fourth-order valence-electron chi connectivity index (χ4n) is 3.44. The first kappa shape index (κ1) is 14.8. The summed E-state index contributed by atoms with van der Waals surface area (Å²) in [5.41, 5.74) is 0. The van der Waals surface area contributed by atoms with Gasteiger partial charge in [0.2, 0.25) is 5.91 Å². The lowest BCUT2D eigenvalue weighted by Crippen LogP contribution is -2.33. The van der Waals surface area contributed by atoms with Crippen LogP contribution in [0.2, 0.25) is 0 Å². The van der Waals surface area contributed by atoms with Gasteiger partial charge < -0.3 is 10.2 Å². The molecule has 1 aliphatic heterocycles. The lowest BCUT2D eigenvalue weighted by Gasteiger charge is -2.26. The molecule has 0 aromatic rings. The Labute approximate surface area is 118 Å². The monoisotopic (exact) mass is 266 g/mol. The van der Waals surface area contributed by atoms with E-state index in [1.807, 2.05) is 0 Å². The predicted molar refractivity (Wildman–Crippen MR) is 79.1 cm³/mol. The van der Waals surface area contributed by atoms with Gasteiger partial charge >= 0.3 is 0 Å². The fraction of sp³-hybridized carbons (Fsp3) is 0.938. The van der Waals surface area contributed by atoms with Crippen LogP contribution >= 0.6 is 0 Å². The molecule has 1 aliphatic carbocycles. The molecule has 0 spiro atoms. The van der Waals surface area contributed by atoms with Crippen molar-refractivity contribution in [1.29, 1.82) is 0 Å². The third-order valence-electron chi connectivity index (χ3n) is 4.62. The van der Waals surface area contributed by atoms with E-state index in [0.717, 1.165) is 25.9 Å². The Morgan fingerprint density at radius 3 is 2.42 bits per heavy atom. The maximum Gasteiger partial charge on any atom is 0.220 e. The van der Waals surface area contributed by atoms with Gasteiger partial charge in [-0.25, -0.2) is 0 Å². The molecule has 2 aliphatic rings. The van der Waals surface area contributed by atoms with E-state index >= 15 is 0 Å². The maximum absolute atomic E-state index is 11.8. The number of nitrogens with zero attached hydrogens (tertiary/aromatic N) is 1. The van der Waals surface area contributed by atoms with Crippen LogP contribution in [0.5, 0.6) is 0 Å². The molecule has 19 heavy (non-hydrogen) atoms. The lowest BCUT2D eigenvalue weighted by atomic mass is 9.87. The van der Waals surface area contributed by atoms with Gasteiger partial charge in [-0.05, 0) is 57.7 Å². The Morgan fingerprint density at radius 1 is 1.00 bits per heavy atom. The van der Waals surface area contributed by atoms with E-state index in [0.29, 0.717) is 5.92 Å². The highest BCUT2D eigenvalue weighted by Crippen LogP contribution is 2.25. The van der Waals surface area contributed by atoms with E-state index in [4.69, 9.17) is 0 Å². The normalized spacial score (nSPS) is 22.3. The van der Waals surface area contributed by atoms with Crippen LogP contribution in [-0.2, 0) is 4.79 Å². The number of carbonyl (C=O) groups excluding carboxylic acids is 1. The van der Waals surface area contributed by atoms with E-state index in [1.54, 1.807) is 0 Å². The van der Waals surface area contributed by atoms with Gasteiger partial charge in [-0.15, -0.1) is 0 Å². The van der Waals surface area contributed by atoms with E-state index in [1.165, 1.54) is 64.5 Å². The highest BCUT2D eigenvalue weighted by molar-refractivity contribution is 5.76. The minimum Gasteiger partial charge on any atom is -0.356 e.